The predicted molar refractivity (Wildman–Crippen MR) is 183 cm³/mol. The maximum atomic E-state index is 14.0. The molecule has 2 unspecified atom stereocenters. The van der Waals surface area contributed by atoms with Gasteiger partial charge < -0.3 is 30.3 Å². The van der Waals surface area contributed by atoms with Crippen LogP contribution in [-0.2, 0) is 23.9 Å². The lowest BCUT2D eigenvalue weighted by Crippen LogP contribution is -2.62. The zero-order chi connectivity index (χ0) is 36.3. The number of Topliss-reactive ketones (excluding diaryl/α,β-unsaturated/α-hetero) is 3. The highest BCUT2D eigenvalue weighted by Gasteiger charge is 2.59. The van der Waals surface area contributed by atoms with Crippen molar-refractivity contribution in [3.8, 4) is 0 Å². The van der Waals surface area contributed by atoms with Gasteiger partial charge in [-0.2, -0.15) is 0 Å². The van der Waals surface area contributed by atoms with Gasteiger partial charge in [-0.15, -0.1) is 0 Å². The Bertz CT molecular complexity index is 1420. The number of aliphatic hydroxyl groups excluding tert-OH is 5. The molecule has 5 N–H and O–H groups in total. The molecule has 0 radical (unpaired) electrons. The summed E-state index contributed by atoms with van der Waals surface area (Å²) in [6.07, 6.45) is 5.81. The first-order valence-electron chi connectivity index (χ1n) is 19.2. The van der Waals surface area contributed by atoms with Crippen LogP contribution in [0.2, 0.25) is 0 Å². The summed E-state index contributed by atoms with van der Waals surface area (Å²) in [6.45, 7) is 8.48. The lowest BCUT2D eigenvalue weighted by molar-refractivity contribution is -0.242. The van der Waals surface area contributed by atoms with E-state index in [2.05, 4.69) is 26.8 Å². The van der Waals surface area contributed by atoms with E-state index in [0.29, 0.717) is 36.0 Å². The third-order valence-electron chi connectivity index (χ3n) is 14.8. The summed E-state index contributed by atoms with van der Waals surface area (Å²) >= 11 is 0. The Kier molecular flexibility index (Phi) is 10.8. The molecule has 278 valence electrons. The van der Waals surface area contributed by atoms with E-state index >= 15 is 0 Å². The van der Waals surface area contributed by atoms with Crippen molar-refractivity contribution in [2.24, 2.45) is 52.3 Å². The molecule has 0 aromatic heterocycles. The topological polar surface area (TPSA) is 179 Å². The fourth-order valence-corrected chi connectivity index (χ4v) is 11.9. The fraction of sp³-hybridized carbons (Fsp3) is 0.800. The highest BCUT2D eigenvalue weighted by atomic mass is 16.5. The minimum atomic E-state index is -1.70. The average Bonchev–Trinajstić information content (AvgIpc) is 3.44. The highest BCUT2D eigenvalue weighted by molar-refractivity contribution is 6.50. The summed E-state index contributed by atoms with van der Waals surface area (Å²) < 4.78 is 5.84. The second-order valence-electron chi connectivity index (χ2n) is 17.4. The molecule has 10 heteroatoms. The Morgan fingerprint density at radius 1 is 0.920 bits per heavy atom. The number of fused-ring (bicyclic) bond motifs is 5. The third-order valence-corrected chi connectivity index (χ3v) is 14.8. The van der Waals surface area contributed by atoms with Gasteiger partial charge in [-0.3, -0.25) is 19.2 Å². The van der Waals surface area contributed by atoms with Crippen LogP contribution in [-0.4, -0.2) is 91.9 Å². The van der Waals surface area contributed by atoms with Crippen molar-refractivity contribution >= 4 is 23.1 Å². The maximum Gasteiger partial charge on any atom is 0.222 e. The van der Waals surface area contributed by atoms with Gasteiger partial charge in [0.1, 0.15) is 24.4 Å². The molecule has 6 aliphatic rings. The Labute approximate surface area is 295 Å². The van der Waals surface area contributed by atoms with E-state index in [-0.39, 0.29) is 16.9 Å². The number of carbonyl (C=O) groups excluding carboxylic acids is 4. The smallest absolute Gasteiger partial charge is 0.222 e. The van der Waals surface area contributed by atoms with Crippen molar-refractivity contribution in [1.82, 2.24) is 0 Å². The molecule has 6 rings (SSSR count). The van der Waals surface area contributed by atoms with Gasteiger partial charge in [0.2, 0.25) is 11.6 Å². The van der Waals surface area contributed by atoms with Gasteiger partial charge in [-0.1, -0.05) is 52.2 Å². The molecular weight excluding hydrogens is 640 g/mol. The Morgan fingerprint density at radius 2 is 1.66 bits per heavy atom. The van der Waals surface area contributed by atoms with E-state index < -0.39 is 84.1 Å². The average molecular weight is 699 g/mol. The first-order valence-corrected chi connectivity index (χ1v) is 19.2. The number of hydrogen-bond acceptors (Lipinski definition) is 10. The van der Waals surface area contributed by atoms with E-state index in [1.54, 1.807) is 0 Å². The summed E-state index contributed by atoms with van der Waals surface area (Å²) in [5, 5.41) is 52.2. The second-order valence-corrected chi connectivity index (χ2v) is 17.4. The largest absolute Gasteiger partial charge is 0.394 e. The Hall–Kier alpha value is -2.08. The van der Waals surface area contributed by atoms with E-state index in [1.807, 2.05) is 6.92 Å². The molecule has 50 heavy (non-hydrogen) atoms. The van der Waals surface area contributed by atoms with E-state index in [9.17, 15) is 44.7 Å². The highest BCUT2D eigenvalue weighted by Crippen LogP contribution is 2.67. The molecule has 5 aliphatic carbocycles. The van der Waals surface area contributed by atoms with Gasteiger partial charge in [0.15, 0.2) is 11.6 Å². The number of ketones is 4. The number of ether oxygens (including phenoxy) is 1. The zero-order valence-electron chi connectivity index (χ0n) is 30.1. The monoisotopic (exact) mass is 698 g/mol. The summed E-state index contributed by atoms with van der Waals surface area (Å²) in [6, 6.07) is 0. The molecule has 10 nitrogen and oxygen atoms in total. The minimum Gasteiger partial charge on any atom is -0.394 e. The molecule has 1 saturated heterocycles. The summed E-state index contributed by atoms with van der Waals surface area (Å²) in [5.41, 5.74) is 1.54. The van der Waals surface area contributed by atoms with Crippen LogP contribution in [0.25, 0.3) is 0 Å². The van der Waals surface area contributed by atoms with Gasteiger partial charge in [0.25, 0.3) is 0 Å². The quantitative estimate of drug-likeness (QED) is 0.0983. The van der Waals surface area contributed by atoms with Crippen molar-refractivity contribution in [3.05, 3.63) is 23.3 Å². The first kappa shape index (κ1) is 37.7. The molecule has 0 spiro atoms. The SMILES string of the molecule is CC(CCC[C@@H](C)[C@H]1CC[C@H]2[C@@H]3CC=C4C[C@@H](O)CC[C@]4(C)[C@H]3CC[C@]12C)C(C(=O)C1=CC(=O)C(=O)CC1=O)[C@@H]1O[C@H](CO)[C@@H](O)[C@H](O)[C@H]1O. The van der Waals surface area contributed by atoms with Gasteiger partial charge in [0, 0.05) is 6.08 Å². The van der Waals surface area contributed by atoms with Crippen molar-refractivity contribution in [2.75, 3.05) is 6.61 Å². The molecule has 15 atom stereocenters. The summed E-state index contributed by atoms with van der Waals surface area (Å²) in [7, 11) is 0. The van der Waals surface area contributed by atoms with Crippen LogP contribution in [0.15, 0.2) is 23.3 Å². The van der Waals surface area contributed by atoms with E-state index in [4.69, 9.17) is 4.74 Å². The lowest BCUT2D eigenvalue weighted by Gasteiger charge is -2.58. The molecule has 3 saturated carbocycles. The normalized spacial score (nSPS) is 43.6. The molecular formula is C40H58O10. The van der Waals surface area contributed by atoms with Crippen LogP contribution < -0.4 is 0 Å². The van der Waals surface area contributed by atoms with Crippen LogP contribution >= 0.6 is 0 Å². The number of allylic oxidation sites excluding steroid dienone is 3. The molecule has 0 bridgehead atoms. The van der Waals surface area contributed by atoms with Crippen LogP contribution in [0.1, 0.15) is 105 Å². The van der Waals surface area contributed by atoms with Crippen molar-refractivity contribution in [2.45, 2.75) is 141 Å². The molecule has 0 aromatic carbocycles. The lowest BCUT2D eigenvalue weighted by atomic mass is 9.47. The molecule has 0 aromatic rings. The molecule has 1 heterocycles. The van der Waals surface area contributed by atoms with E-state index in [0.717, 1.165) is 44.6 Å². The fourth-order valence-electron chi connectivity index (χ4n) is 11.9. The van der Waals surface area contributed by atoms with Gasteiger partial charge in [0.05, 0.1) is 36.7 Å². The van der Waals surface area contributed by atoms with Crippen LogP contribution in [0.3, 0.4) is 0 Å². The number of aliphatic hydroxyl groups is 5. The van der Waals surface area contributed by atoms with Gasteiger partial charge in [-0.05, 0) is 104 Å². The summed E-state index contributed by atoms with van der Waals surface area (Å²) in [5.74, 6) is -1.90. The van der Waals surface area contributed by atoms with Gasteiger partial charge in [-0.25, -0.2) is 0 Å². The Balaban J connectivity index is 1.14. The zero-order valence-corrected chi connectivity index (χ0v) is 30.1. The van der Waals surface area contributed by atoms with Crippen LogP contribution in [0, 0.1) is 52.3 Å². The standard InChI is InChI=1S/C40H58O10/c1-20(26-10-11-27-24-9-8-22-16-23(42)12-14-39(22,3)28(24)13-15-40(26,27)4)6-5-7-21(2)33(34(46)25-17-30(44)31(45)18-29(25)43)38-37(49)36(48)35(47)32(19-41)50-38/h8,17,20-21,23-24,26-28,32-33,35-38,41-42,47-49H,5-7,9-16,18-19H2,1-4H3/t20-,21?,23+,24+,26-,27+,28+,32-,33?,35-,36+,37-,38+,39+,40-/m1/s1. The number of hydrogen-bond donors (Lipinski definition) is 5. The molecule has 0 amide bonds. The second kappa shape index (κ2) is 14.4. The van der Waals surface area contributed by atoms with Crippen LogP contribution in [0.4, 0.5) is 0 Å². The number of carbonyl (C=O) groups is 4. The molecule has 4 fully saturated rings. The maximum absolute atomic E-state index is 14.0. The number of rotatable bonds is 10. The minimum absolute atomic E-state index is 0.202. The Morgan fingerprint density at radius 3 is 2.38 bits per heavy atom. The molecule has 1 aliphatic heterocycles. The van der Waals surface area contributed by atoms with Crippen molar-refractivity contribution in [3.63, 3.8) is 0 Å². The van der Waals surface area contributed by atoms with Crippen LogP contribution in [0.5, 0.6) is 0 Å². The third kappa shape index (κ3) is 6.44. The van der Waals surface area contributed by atoms with Crippen molar-refractivity contribution in [1.29, 1.82) is 0 Å². The van der Waals surface area contributed by atoms with Crippen molar-refractivity contribution < 1.29 is 49.4 Å². The van der Waals surface area contributed by atoms with E-state index in [1.165, 1.54) is 31.3 Å². The predicted octanol–water partition coefficient (Wildman–Crippen LogP) is 3.43. The first-order chi connectivity index (χ1) is 23.6. The summed E-state index contributed by atoms with van der Waals surface area (Å²) in [4.78, 5) is 50.9. The van der Waals surface area contributed by atoms with Gasteiger partial charge >= 0.3 is 0 Å².